The van der Waals surface area contributed by atoms with Gasteiger partial charge in [-0.1, -0.05) is 43.6 Å². The third-order valence-electron chi connectivity index (χ3n) is 3.89. The molecule has 5 heteroatoms. The van der Waals surface area contributed by atoms with Crippen molar-refractivity contribution in [2.75, 3.05) is 18.1 Å². The van der Waals surface area contributed by atoms with E-state index in [9.17, 15) is 8.42 Å². The third kappa shape index (κ3) is 3.96. The van der Waals surface area contributed by atoms with Gasteiger partial charge < -0.3 is 5.32 Å². The lowest BCUT2D eigenvalue weighted by Gasteiger charge is -2.25. The van der Waals surface area contributed by atoms with Crippen LogP contribution in [-0.2, 0) is 9.84 Å². The van der Waals surface area contributed by atoms with Gasteiger partial charge in [-0.2, -0.15) is 0 Å². The number of rotatable bonds is 5. The summed E-state index contributed by atoms with van der Waals surface area (Å²) < 4.78 is 23.5. The first kappa shape index (κ1) is 15.8. The minimum atomic E-state index is -2.87. The minimum absolute atomic E-state index is 0.156. The standard InChI is InChI=1S/C15H22ClNO2S/c1-11(2)17-9-14(12-7-8-20(18,19)10-12)13-5-3-4-6-15(13)16/h3-6,11-12,14,17H,7-10H2,1-2H3. The maximum atomic E-state index is 11.7. The largest absolute Gasteiger partial charge is 0.314 e. The lowest BCUT2D eigenvalue weighted by Crippen LogP contribution is -2.32. The summed E-state index contributed by atoms with van der Waals surface area (Å²) in [5.41, 5.74) is 1.06. The van der Waals surface area contributed by atoms with Crippen LogP contribution in [0.1, 0.15) is 31.7 Å². The molecule has 112 valence electrons. The molecular weight excluding hydrogens is 294 g/mol. The molecule has 1 N–H and O–H groups in total. The van der Waals surface area contributed by atoms with Gasteiger partial charge >= 0.3 is 0 Å². The first-order chi connectivity index (χ1) is 9.39. The molecule has 1 saturated heterocycles. The topological polar surface area (TPSA) is 46.2 Å². The summed E-state index contributed by atoms with van der Waals surface area (Å²) in [6.45, 7) is 4.95. The van der Waals surface area contributed by atoms with Crippen molar-refractivity contribution in [2.45, 2.75) is 32.2 Å². The van der Waals surface area contributed by atoms with E-state index in [0.29, 0.717) is 11.8 Å². The monoisotopic (exact) mass is 315 g/mol. The summed E-state index contributed by atoms with van der Waals surface area (Å²) in [5.74, 6) is 0.901. The fourth-order valence-corrected chi connectivity index (χ4v) is 4.97. The van der Waals surface area contributed by atoms with E-state index < -0.39 is 9.84 Å². The summed E-state index contributed by atoms with van der Waals surface area (Å²) in [6, 6.07) is 8.14. The van der Waals surface area contributed by atoms with Crippen molar-refractivity contribution in [3.05, 3.63) is 34.9 Å². The van der Waals surface area contributed by atoms with Crippen molar-refractivity contribution < 1.29 is 8.42 Å². The molecule has 1 aromatic carbocycles. The predicted molar refractivity (Wildman–Crippen MR) is 84.1 cm³/mol. The second-order valence-corrected chi connectivity index (χ2v) is 8.49. The zero-order valence-electron chi connectivity index (χ0n) is 12.0. The molecule has 0 aliphatic carbocycles. The lowest BCUT2D eigenvalue weighted by molar-refractivity contribution is 0.422. The van der Waals surface area contributed by atoms with Gasteiger partial charge in [0.25, 0.3) is 0 Å². The normalized spacial score (nSPS) is 23.1. The molecule has 0 bridgehead atoms. The quantitative estimate of drug-likeness (QED) is 0.909. The molecular formula is C15H22ClNO2S. The zero-order chi connectivity index (χ0) is 14.8. The zero-order valence-corrected chi connectivity index (χ0v) is 13.5. The first-order valence-electron chi connectivity index (χ1n) is 7.07. The number of hydrogen-bond acceptors (Lipinski definition) is 3. The second kappa shape index (κ2) is 6.46. The summed E-state index contributed by atoms with van der Waals surface area (Å²) in [5, 5.41) is 4.15. The highest BCUT2D eigenvalue weighted by atomic mass is 35.5. The van der Waals surface area contributed by atoms with Crippen LogP contribution in [-0.4, -0.2) is 32.5 Å². The van der Waals surface area contributed by atoms with Gasteiger partial charge in [0.2, 0.25) is 0 Å². The van der Waals surface area contributed by atoms with Crippen molar-refractivity contribution >= 4 is 21.4 Å². The van der Waals surface area contributed by atoms with Gasteiger partial charge in [-0.05, 0) is 24.0 Å². The van der Waals surface area contributed by atoms with Gasteiger partial charge in [-0.25, -0.2) is 8.42 Å². The molecule has 3 nitrogen and oxygen atoms in total. The summed E-state index contributed by atoms with van der Waals surface area (Å²) in [4.78, 5) is 0. The highest BCUT2D eigenvalue weighted by Gasteiger charge is 2.35. The molecule has 0 radical (unpaired) electrons. The minimum Gasteiger partial charge on any atom is -0.314 e. The Morgan fingerprint density at radius 2 is 2.05 bits per heavy atom. The Morgan fingerprint density at radius 1 is 1.35 bits per heavy atom. The van der Waals surface area contributed by atoms with Crippen molar-refractivity contribution in [1.82, 2.24) is 5.32 Å². The average Bonchev–Trinajstić information content (AvgIpc) is 2.72. The number of benzene rings is 1. The van der Waals surface area contributed by atoms with Crippen LogP contribution in [0.25, 0.3) is 0 Å². The molecule has 1 aromatic rings. The number of halogens is 1. The highest BCUT2D eigenvalue weighted by molar-refractivity contribution is 7.91. The van der Waals surface area contributed by atoms with Gasteiger partial charge in [0.05, 0.1) is 11.5 Å². The number of hydrogen-bond donors (Lipinski definition) is 1. The van der Waals surface area contributed by atoms with Gasteiger partial charge in [-0.3, -0.25) is 0 Å². The van der Waals surface area contributed by atoms with Crippen LogP contribution in [0.15, 0.2) is 24.3 Å². The molecule has 0 aromatic heterocycles. The Bertz CT molecular complexity index is 557. The Hall–Kier alpha value is -0.580. The smallest absolute Gasteiger partial charge is 0.150 e. The molecule has 1 heterocycles. The third-order valence-corrected chi connectivity index (χ3v) is 6.03. The van der Waals surface area contributed by atoms with Crippen LogP contribution in [0.5, 0.6) is 0 Å². The SMILES string of the molecule is CC(C)NCC(c1ccccc1Cl)C1CCS(=O)(=O)C1. The second-order valence-electron chi connectivity index (χ2n) is 5.85. The van der Waals surface area contributed by atoms with Crippen molar-refractivity contribution in [2.24, 2.45) is 5.92 Å². The van der Waals surface area contributed by atoms with E-state index in [1.54, 1.807) is 0 Å². The summed E-state index contributed by atoms with van der Waals surface area (Å²) >= 11 is 6.31. The molecule has 0 spiro atoms. The molecule has 2 rings (SSSR count). The van der Waals surface area contributed by atoms with E-state index in [1.165, 1.54) is 0 Å². The van der Waals surface area contributed by atoms with Crippen molar-refractivity contribution in [3.63, 3.8) is 0 Å². The van der Waals surface area contributed by atoms with Gasteiger partial charge in [0.1, 0.15) is 0 Å². The van der Waals surface area contributed by atoms with E-state index in [2.05, 4.69) is 19.2 Å². The van der Waals surface area contributed by atoms with Crippen LogP contribution in [0.4, 0.5) is 0 Å². The molecule has 2 atom stereocenters. The fourth-order valence-electron chi connectivity index (χ4n) is 2.81. The van der Waals surface area contributed by atoms with E-state index in [4.69, 9.17) is 11.6 Å². The molecule has 2 unspecified atom stereocenters. The molecule has 1 aliphatic rings. The van der Waals surface area contributed by atoms with Gasteiger partial charge in [0.15, 0.2) is 9.84 Å². The van der Waals surface area contributed by atoms with Crippen molar-refractivity contribution in [3.8, 4) is 0 Å². The molecule has 1 aliphatic heterocycles. The molecule has 0 saturated carbocycles. The predicted octanol–water partition coefficient (Wildman–Crippen LogP) is 2.86. The van der Waals surface area contributed by atoms with Crippen LogP contribution in [0.2, 0.25) is 5.02 Å². The lowest BCUT2D eigenvalue weighted by atomic mass is 9.85. The summed E-state index contributed by atoms with van der Waals surface area (Å²) in [6.07, 6.45) is 0.734. The Morgan fingerprint density at radius 3 is 2.60 bits per heavy atom. The molecule has 1 fully saturated rings. The molecule has 20 heavy (non-hydrogen) atoms. The van der Waals surface area contributed by atoms with Crippen LogP contribution >= 0.6 is 11.6 Å². The number of nitrogens with one attached hydrogen (secondary N) is 1. The van der Waals surface area contributed by atoms with Crippen LogP contribution in [0.3, 0.4) is 0 Å². The fraction of sp³-hybridized carbons (Fsp3) is 0.600. The van der Waals surface area contributed by atoms with Gasteiger partial charge in [-0.15, -0.1) is 0 Å². The van der Waals surface area contributed by atoms with E-state index in [0.717, 1.165) is 23.6 Å². The van der Waals surface area contributed by atoms with Crippen LogP contribution in [0, 0.1) is 5.92 Å². The van der Waals surface area contributed by atoms with Gasteiger partial charge in [0, 0.05) is 23.5 Å². The first-order valence-corrected chi connectivity index (χ1v) is 9.27. The Kier molecular flexibility index (Phi) is 5.10. The Balaban J connectivity index is 2.23. The average molecular weight is 316 g/mol. The highest BCUT2D eigenvalue weighted by Crippen LogP contribution is 2.36. The molecule has 0 amide bonds. The van der Waals surface area contributed by atoms with Crippen molar-refractivity contribution in [1.29, 1.82) is 0 Å². The van der Waals surface area contributed by atoms with E-state index in [1.807, 2.05) is 24.3 Å². The van der Waals surface area contributed by atoms with Crippen LogP contribution < -0.4 is 5.32 Å². The number of sulfone groups is 1. The van der Waals surface area contributed by atoms with E-state index >= 15 is 0 Å². The van der Waals surface area contributed by atoms with E-state index in [-0.39, 0.29) is 17.6 Å². The summed E-state index contributed by atoms with van der Waals surface area (Å²) in [7, 11) is -2.87. The Labute approximate surface area is 126 Å². The maximum Gasteiger partial charge on any atom is 0.150 e. The maximum absolute atomic E-state index is 11.7.